The van der Waals surface area contributed by atoms with Gasteiger partial charge in [-0.2, -0.15) is 0 Å². The third-order valence-electron chi connectivity index (χ3n) is 4.07. The van der Waals surface area contributed by atoms with Crippen LogP contribution in [-0.2, 0) is 4.79 Å². The van der Waals surface area contributed by atoms with Crippen LogP contribution < -0.4 is 15.7 Å². The number of nitrogens with one attached hydrogen (secondary N) is 1. The summed E-state index contributed by atoms with van der Waals surface area (Å²) in [4.78, 5) is 38.2. The van der Waals surface area contributed by atoms with Crippen LogP contribution in [0.5, 0.6) is 5.75 Å². The lowest BCUT2D eigenvalue weighted by Gasteiger charge is -2.06. The van der Waals surface area contributed by atoms with E-state index in [1.807, 2.05) is 0 Å². The highest BCUT2D eigenvalue weighted by atomic mass is 32.1. The molecule has 2 aromatic carbocycles. The third kappa shape index (κ3) is 4.33. The normalized spacial score (nSPS) is 10.7. The molecule has 9 nitrogen and oxygen atoms in total. The first kappa shape index (κ1) is 19.3. The molecular formula is C20H13N3O6S. The number of benzene rings is 2. The number of carbonyl (C=O) groups is 1. The van der Waals surface area contributed by atoms with Gasteiger partial charge in [-0.05, 0) is 18.2 Å². The molecule has 0 saturated carbocycles. The molecule has 10 heteroatoms. The van der Waals surface area contributed by atoms with E-state index in [4.69, 9.17) is 9.15 Å². The highest BCUT2D eigenvalue weighted by Crippen LogP contribution is 2.27. The molecule has 0 radical (unpaired) electrons. The number of nitrogens with zero attached hydrogens (tertiary/aromatic N) is 2. The van der Waals surface area contributed by atoms with Gasteiger partial charge in [-0.15, -0.1) is 11.3 Å². The number of anilines is 1. The molecule has 0 saturated heterocycles. The summed E-state index contributed by atoms with van der Waals surface area (Å²) < 4.78 is 10.5. The highest BCUT2D eigenvalue weighted by molar-refractivity contribution is 7.14. The largest absolute Gasteiger partial charge is 0.484 e. The zero-order valence-corrected chi connectivity index (χ0v) is 16.0. The first-order valence-corrected chi connectivity index (χ1v) is 9.53. The van der Waals surface area contributed by atoms with Crippen molar-refractivity contribution in [3.8, 4) is 17.0 Å². The number of hydrogen-bond acceptors (Lipinski definition) is 8. The number of aromatic nitrogens is 1. The quantitative estimate of drug-likeness (QED) is 0.284. The van der Waals surface area contributed by atoms with Crippen molar-refractivity contribution < 1.29 is 18.9 Å². The summed E-state index contributed by atoms with van der Waals surface area (Å²) in [7, 11) is 0. The fraction of sp³-hybridized carbons (Fsp3) is 0.0500. The van der Waals surface area contributed by atoms with Crippen LogP contribution in [-0.4, -0.2) is 22.4 Å². The molecule has 0 atom stereocenters. The number of non-ortho nitro benzene ring substituents is 1. The van der Waals surface area contributed by atoms with Crippen LogP contribution in [0.2, 0.25) is 0 Å². The van der Waals surface area contributed by atoms with E-state index in [-0.39, 0.29) is 12.3 Å². The van der Waals surface area contributed by atoms with E-state index in [1.165, 1.54) is 35.6 Å². The van der Waals surface area contributed by atoms with Crippen molar-refractivity contribution in [2.75, 3.05) is 11.9 Å². The van der Waals surface area contributed by atoms with Crippen LogP contribution in [0.3, 0.4) is 0 Å². The van der Waals surface area contributed by atoms with Gasteiger partial charge in [-0.1, -0.05) is 12.1 Å². The molecule has 1 N–H and O–H groups in total. The lowest BCUT2D eigenvalue weighted by Crippen LogP contribution is -2.20. The molecule has 0 aliphatic heterocycles. The molecule has 0 aliphatic carbocycles. The zero-order chi connectivity index (χ0) is 21.1. The Hall–Kier alpha value is -4.05. The van der Waals surface area contributed by atoms with Crippen LogP contribution in [0.15, 0.2) is 69.2 Å². The van der Waals surface area contributed by atoms with Gasteiger partial charge in [0.05, 0.1) is 10.6 Å². The van der Waals surface area contributed by atoms with Crippen molar-refractivity contribution >= 4 is 39.0 Å². The number of hydrogen-bond donors (Lipinski definition) is 1. The van der Waals surface area contributed by atoms with Gasteiger partial charge in [-0.25, -0.2) is 9.78 Å². The molecule has 1 amide bonds. The molecule has 4 rings (SSSR count). The maximum Gasteiger partial charge on any atom is 0.336 e. The molecule has 150 valence electrons. The number of rotatable bonds is 6. The number of ether oxygens (including phenoxy) is 1. The van der Waals surface area contributed by atoms with E-state index in [0.717, 1.165) is 5.39 Å². The average molecular weight is 423 g/mol. The van der Waals surface area contributed by atoms with E-state index < -0.39 is 16.5 Å². The number of amides is 1. The molecule has 2 heterocycles. The van der Waals surface area contributed by atoms with E-state index >= 15 is 0 Å². The third-order valence-corrected chi connectivity index (χ3v) is 4.83. The molecule has 0 spiro atoms. The second-order valence-corrected chi connectivity index (χ2v) is 6.99. The summed E-state index contributed by atoms with van der Waals surface area (Å²) in [6.45, 7) is -0.270. The zero-order valence-electron chi connectivity index (χ0n) is 15.2. The van der Waals surface area contributed by atoms with Crippen molar-refractivity contribution in [2.24, 2.45) is 0 Å². The predicted molar refractivity (Wildman–Crippen MR) is 111 cm³/mol. The summed E-state index contributed by atoms with van der Waals surface area (Å²) in [5.41, 5.74) is 0.952. The SMILES string of the molecule is O=C(COc1ccc2ccc(=O)oc2c1)Nc1nc(-c2cccc([N+](=O)[O-])c2)cs1. The van der Waals surface area contributed by atoms with Gasteiger partial charge in [0.2, 0.25) is 0 Å². The standard InChI is InChI=1S/C20H13N3O6S/c24-18(10-28-15-6-4-12-5-7-19(25)29-17(12)9-15)22-20-21-16(11-30-20)13-2-1-3-14(8-13)23(26)27/h1-9,11H,10H2,(H,21,22,24). The summed E-state index contributed by atoms with van der Waals surface area (Å²) in [5.74, 6) is -0.0482. The van der Waals surface area contributed by atoms with E-state index in [2.05, 4.69) is 10.3 Å². The Labute approximate surface area is 172 Å². The maximum absolute atomic E-state index is 12.2. The second-order valence-electron chi connectivity index (χ2n) is 6.14. The van der Waals surface area contributed by atoms with E-state index in [9.17, 15) is 19.7 Å². The van der Waals surface area contributed by atoms with Crippen molar-refractivity contribution in [1.82, 2.24) is 4.98 Å². The van der Waals surface area contributed by atoms with Gasteiger partial charge in [0, 0.05) is 40.6 Å². The van der Waals surface area contributed by atoms with Gasteiger partial charge in [0.25, 0.3) is 11.6 Å². The fourth-order valence-electron chi connectivity index (χ4n) is 2.68. The fourth-order valence-corrected chi connectivity index (χ4v) is 3.41. The van der Waals surface area contributed by atoms with Gasteiger partial charge in [0.1, 0.15) is 11.3 Å². The number of nitro benzene ring substituents is 1. The van der Waals surface area contributed by atoms with Gasteiger partial charge < -0.3 is 9.15 Å². The van der Waals surface area contributed by atoms with Crippen LogP contribution in [0.1, 0.15) is 0 Å². The minimum absolute atomic E-state index is 0.0364. The number of nitro groups is 1. The molecule has 0 fully saturated rings. The number of carbonyl (C=O) groups excluding carboxylic acids is 1. The maximum atomic E-state index is 12.2. The second kappa shape index (κ2) is 8.13. The molecule has 30 heavy (non-hydrogen) atoms. The molecule has 0 unspecified atom stereocenters. The number of fused-ring (bicyclic) bond motifs is 1. The van der Waals surface area contributed by atoms with Crippen LogP contribution >= 0.6 is 11.3 Å². The Morgan fingerprint density at radius 3 is 2.87 bits per heavy atom. The van der Waals surface area contributed by atoms with E-state index in [0.29, 0.717) is 27.7 Å². The van der Waals surface area contributed by atoms with E-state index in [1.54, 1.807) is 35.7 Å². The van der Waals surface area contributed by atoms with Crippen molar-refractivity contribution in [3.05, 3.63) is 80.5 Å². The Kier molecular flexibility index (Phi) is 5.22. The Bertz CT molecular complexity index is 1310. The minimum atomic E-state index is -0.478. The molecule has 2 aromatic heterocycles. The lowest BCUT2D eigenvalue weighted by molar-refractivity contribution is -0.384. The van der Waals surface area contributed by atoms with Crippen molar-refractivity contribution in [1.29, 1.82) is 0 Å². The van der Waals surface area contributed by atoms with Gasteiger partial charge >= 0.3 is 5.63 Å². The molecule has 0 bridgehead atoms. The topological polar surface area (TPSA) is 125 Å². The smallest absolute Gasteiger partial charge is 0.336 e. The van der Waals surface area contributed by atoms with Crippen molar-refractivity contribution in [2.45, 2.75) is 0 Å². The van der Waals surface area contributed by atoms with Gasteiger partial charge in [-0.3, -0.25) is 20.2 Å². The summed E-state index contributed by atoms with van der Waals surface area (Å²) in [6.07, 6.45) is 0. The summed E-state index contributed by atoms with van der Waals surface area (Å²) in [6, 6.07) is 14.0. The summed E-state index contributed by atoms with van der Waals surface area (Å²) in [5, 5.41) is 16.3. The minimum Gasteiger partial charge on any atom is -0.484 e. The van der Waals surface area contributed by atoms with Crippen LogP contribution in [0.4, 0.5) is 10.8 Å². The first-order valence-electron chi connectivity index (χ1n) is 8.65. The molecular weight excluding hydrogens is 410 g/mol. The Balaban J connectivity index is 1.40. The summed E-state index contributed by atoms with van der Waals surface area (Å²) >= 11 is 1.19. The average Bonchev–Trinajstić information content (AvgIpc) is 3.20. The highest BCUT2D eigenvalue weighted by Gasteiger charge is 2.12. The Morgan fingerprint density at radius 1 is 1.20 bits per heavy atom. The van der Waals surface area contributed by atoms with Crippen LogP contribution in [0, 0.1) is 10.1 Å². The first-order chi connectivity index (χ1) is 14.5. The van der Waals surface area contributed by atoms with Crippen LogP contribution in [0.25, 0.3) is 22.2 Å². The molecule has 4 aromatic rings. The Morgan fingerprint density at radius 2 is 2.03 bits per heavy atom. The number of thiazole rings is 1. The molecule has 0 aliphatic rings. The predicted octanol–water partition coefficient (Wildman–Crippen LogP) is 3.84. The monoisotopic (exact) mass is 423 g/mol. The lowest BCUT2D eigenvalue weighted by atomic mass is 10.1. The van der Waals surface area contributed by atoms with Gasteiger partial charge in [0.15, 0.2) is 11.7 Å². The van der Waals surface area contributed by atoms with Crippen molar-refractivity contribution in [3.63, 3.8) is 0 Å².